The van der Waals surface area contributed by atoms with Crippen LogP contribution in [0.1, 0.15) is 46.0 Å². The summed E-state index contributed by atoms with van der Waals surface area (Å²) in [5, 5.41) is 0. The van der Waals surface area contributed by atoms with Crippen molar-refractivity contribution in [3.05, 3.63) is 0 Å². The van der Waals surface area contributed by atoms with Crippen LogP contribution in [-0.2, 0) is 4.79 Å². The van der Waals surface area contributed by atoms with Crippen LogP contribution in [0.2, 0.25) is 0 Å². The summed E-state index contributed by atoms with van der Waals surface area (Å²) in [7, 11) is 0. The van der Waals surface area contributed by atoms with Crippen molar-refractivity contribution < 1.29 is 4.79 Å². The average Bonchev–Trinajstić information content (AvgIpc) is 2.43. The van der Waals surface area contributed by atoms with Crippen LogP contribution in [0.4, 0.5) is 0 Å². The molecule has 1 aliphatic rings. The van der Waals surface area contributed by atoms with Crippen molar-refractivity contribution in [2.45, 2.75) is 50.8 Å². The maximum atomic E-state index is 11.8. The molecule has 1 fully saturated rings. The van der Waals surface area contributed by atoms with Crippen molar-refractivity contribution >= 4 is 21.8 Å². The van der Waals surface area contributed by atoms with Gasteiger partial charge in [-0.3, -0.25) is 4.79 Å². The Bertz CT molecular complexity index is 206. The largest absolute Gasteiger partial charge is 0.342 e. The van der Waals surface area contributed by atoms with Crippen LogP contribution >= 0.6 is 15.9 Å². The molecule has 15 heavy (non-hydrogen) atoms. The molecule has 0 saturated carbocycles. The number of amides is 1. The van der Waals surface area contributed by atoms with Gasteiger partial charge in [-0.25, -0.2) is 0 Å². The summed E-state index contributed by atoms with van der Waals surface area (Å²) in [6, 6.07) is 0. The standard InChI is InChI=1S/C12H22BrNO/c1-3-5-11-6-4-8-14(9-7-11)12(15)10(2)13/h10-11H,3-9H2,1-2H3. The van der Waals surface area contributed by atoms with Crippen LogP contribution in [0.15, 0.2) is 0 Å². The fraction of sp³-hybridized carbons (Fsp3) is 0.917. The molecule has 88 valence electrons. The fourth-order valence-electron chi connectivity index (χ4n) is 2.33. The van der Waals surface area contributed by atoms with Crippen molar-refractivity contribution in [3.8, 4) is 0 Å². The summed E-state index contributed by atoms with van der Waals surface area (Å²) in [4.78, 5) is 13.8. The smallest absolute Gasteiger partial charge is 0.236 e. The summed E-state index contributed by atoms with van der Waals surface area (Å²) in [6.07, 6.45) is 6.27. The highest BCUT2D eigenvalue weighted by Crippen LogP contribution is 2.22. The first-order valence-corrected chi connectivity index (χ1v) is 6.99. The van der Waals surface area contributed by atoms with Gasteiger partial charge in [0.15, 0.2) is 0 Å². The number of hydrogen-bond donors (Lipinski definition) is 0. The SMILES string of the molecule is CCCC1CCCN(C(=O)C(C)Br)CC1. The van der Waals surface area contributed by atoms with Gasteiger partial charge in [-0.2, -0.15) is 0 Å². The lowest BCUT2D eigenvalue weighted by molar-refractivity contribution is -0.130. The summed E-state index contributed by atoms with van der Waals surface area (Å²) < 4.78 is 0. The lowest BCUT2D eigenvalue weighted by Gasteiger charge is -2.21. The lowest BCUT2D eigenvalue weighted by Crippen LogP contribution is -2.36. The molecule has 0 bridgehead atoms. The summed E-state index contributed by atoms with van der Waals surface area (Å²) >= 11 is 3.36. The number of carbonyl (C=O) groups excluding carboxylic acids is 1. The molecule has 0 radical (unpaired) electrons. The van der Waals surface area contributed by atoms with E-state index in [9.17, 15) is 4.79 Å². The van der Waals surface area contributed by atoms with E-state index in [-0.39, 0.29) is 10.7 Å². The molecule has 2 nitrogen and oxygen atoms in total. The predicted molar refractivity (Wildman–Crippen MR) is 67.2 cm³/mol. The van der Waals surface area contributed by atoms with Crippen LogP contribution in [0.3, 0.4) is 0 Å². The number of carbonyl (C=O) groups is 1. The number of nitrogens with zero attached hydrogens (tertiary/aromatic N) is 1. The summed E-state index contributed by atoms with van der Waals surface area (Å²) in [5.41, 5.74) is 0. The second-order valence-electron chi connectivity index (χ2n) is 4.53. The molecule has 2 unspecified atom stereocenters. The zero-order chi connectivity index (χ0) is 11.3. The molecule has 0 aromatic carbocycles. The Morgan fingerprint density at radius 3 is 2.80 bits per heavy atom. The zero-order valence-electron chi connectivity index (χ0n) is 9.84. The maximum Gasteiger partial charge on any atom is 0.236 e. The average molecular weight is 276 g/mol. The highest BCUT2D eigenvalue weighted by molar-refractivity contribution is 9.10. The Balaban J connectivity index is 2.42. The monoisotopic (exact) mass is 275 g/mol. The molecule has 3 heteroatoms. The molecule has 1 rings (SSSR count). The maximum absolute atomic E-state index is 11.8. The minimum Gasteiger partial charge on any atom is -0.342 e. The molecule has 0 aliphatic carbocycles. The first-order chi connectivity index (χ1) is 7.15. The molecule has 0 aromatic rings. The third-order valence-corrected chi connectivity index (χ3v) is 3.59. The van der Waals surface area contributed by atoms with Gasteiger partial charge >= 0.3 is 0 Å². The van der Waals surface area contributed by atoms with E-state index in [0.29, 0.717) is 0 Å². The summed E-state index contributed by atoms with van der Waals surface area (Å²) in [6.45, 7) is 6.07. The fourth-order valence-corrected chi connectivity index (χ4v) is 2.62. The third kappa shape index (κ3) is 4.13. The normalized spacial score (nSPS) is 24.7. The Kier molecular flexibility index (Phi) is 5.65. The van der Waals surface area contributed by atoms with Gasteiger partial charge in [0, 0.05) is 13.1 Å². The van der Waals surface area contributed by atoms with Gasteiger partial charge in [-0.05, 0) is 32.1 Å². The number of halogens is 1. The van der Waals surface area contributed by atoms with Crippen molar-refractivity contribution in [2.24, 2.45) is 5.92 Å². The number of rotatable bonds is 3. The van der Waals surface area contributed by atoms with Gasteiger partial charge in [-0.1, -0.05) is 35.7 Å². The first-order valence-electron chi connectivity index (χ1n) is 6.08. The van der Waals surface area contributed by atoms with Gasteiger partial charge < -0.3 is 4.90 Å². The zero-order valence-corrected chi connectivity index (χ0v) is 11.4. The topological polar surface area (TPSA) is 20.3 Å². The molecule has 1 aliphatic heterocycles. The molecule has 0 N–H and O–H groups in total. The van der Waals surface area contributed by atoms with Gasteiger partial charge in [0.1, 0.15) is 0 Å². The number of likely N-dealkylation sites (tertiary alicyclic amines) is 1. The molecule has 2 atom stereocenters. The Hall–Kier alpha value is -0.0500. The van der Waals surface area contributed by atoms with Crippen molar-refractivity contribution in [1.29, 1.82) is 0 Å². The second-order valence-corrected chi connectivity index (χ2v) is 5.90. The van der Waals surface area contributed by atoms with Crippen molar-refractivity contribution in [1.82, 2.24) is 4.90 Å². The van der Waals surface area contributed by atoms with E-state index in [2.05, 4.69) is 22.9 Å². The molecular formula is C12H22BrNO. The molecule has 0 spiro atoms. The van der Waals surface area contributed by atoms with E-state index in [4.69, 9.17) is 0 Å². The van der Waals surface area contributed by atoms with Gasteiger partial charge in [0.2, 0.25) is 5.91 Å². The predicted octanol–water partition coefficient (Wildman–Crippen LogP) is 3.20. The van der Waals surface area contributed by atoms with E-state index >= 15 is 0 Å². The van der Waals surface area contributed by atoms with Crippen molar-refractivity contribution in [3.63, 3.8) is 0 Å². The van der Waals surface area contributed by atoms with Crippen molar-refractivity contribution in [2.75, 3.05) is 13.1 Å². The van der Waals surface area contributed by atoms with E-state index in [1.165, 1.54) is 32.1 Å². The molecule has 1 amide bonds. The minimum absolute atomic E-state index is 0.0276. The van der Waals surface area contributed by atoms with Crippen LogP contribution in [0, 0.1) is 5.92 Å². The van der Waals surface area contributed by atoms with E-state index in [0.717, 1.165) is 19.0 Å². The van der Waals surface area contributed by atoms with E-state index < -0.39 is 0 Å². The Labute approximate surface area is 102 Å². The number of alkyl halides is 1. The van der Waals surface area contributed by atoms with Gasteiger partial charge in [0.25, 0.3) is 0 Å². The first kappa shape index (κ1) is 13.0. The molecule has 0 aromatic heterocycles. The van der Waals surface area contributed by atoms with E-state index in [1.54, 1.807) is 0 Å². The van der Waals surface area contributed by atoms with E-state index in [1.807, 2.05) is 11.8 Å². The van der Waals surface area contributed by atoms with Crippen LogP contribution in [-0.4, -0.2) is 28.7 Å². The molecule has 1 saturated heterocycles. The summed E-state index contributed by atoms with van der Waals surface area (Å²) in [5.74, 6) is 1.10. The Morgan fingerprint density at radius 2 is 2.20 bits per heavy atom. The lowest BCUT2D eigenvalue weighted by atomic mass is 9.96. The highest BCUT2D eigenvalue weighted by Gasteiger charge is 2.22. The molecule has 1 heterocycles. The quantitative estimate of drug-likeness (QED) is 0.725. The second kappa shape index (κ2) is 6.51. The third-order valence-electron chi connectivity index (χ3n) is 3.20. The van der Waals surface area contributed by atoms with Crippen LogP contribution < -0.4 is 0 Å². The van der Waals surface area contributed by atoms with Gasteiger partial charge in [0.05, 0.1) is 4.83 Å². The van der Waals surface area contributed by atoms with Gasteiger partial charge in [-0.15, -0.1) is 0 Å². The molecular weight excluding hydrogens is 254 g/mol. The minimum atomic E-state index is -0.0276. The van der Waals surface area contributed by atoms with Crippen LogP contribution in [0.25, 0.3) is 0 Å². The van der Waals surface area contributed by atoms with Crippen LogP contribution in [0.5, 0.6) is 0 Å². The number of hydrogen-bond acceptors (Lipinski definition) is 1. The Morgan fingerprint density at radius 1 is 1.47 bits per heavy atom. The highest BCUT2D eigenvalue weighted by atomic mass is 79.9.